The Morgan fingerprint density at radius 3 is 2.50 bits per heavy atom. The molecule has 1 amide bonds. The van der Waals surface area contributed by atoms with Gasteiger partial charge in [-0.25, -0.2) is 17.6 Å². The van der Waals surface area contributed by atoms with Gasteiger partial charge in [0.25, 0.3) is 0 Å². The molecule has 0 fully saturated rings. The normalized spacial score (nSPS) is 17.2. The first-order chi connectivity index (χ1) is 21.5. The van der Waals surface area contributed by atoms with E-state index in [0.29, 0.717) is 24.1 Å². The second-order valence-electron chi connectivity index (χ2n) is 13.1. The number of fused-ring (bicyclic) bond motifs is 1. The third kappa shape index (κ3) is 8.82. The highest BCUT2D eigenvalue weighted by molar-refractivity contribution is 7.89. The van der Waals surface area contributed by atoms with Gasteiger partial charge in [-0.15, -0.1) is 0 Å². The molecule has 3 aromatic rings. The van der Waals surface area contributed by atoms with Crippen molar-refractivity contribution in [2.45, 2.75) is 77.3 Å². The molecule has 8 nitrogen and oxygen atoms in total. The highest BCUT2D eigenvalue weighted by Crippen LogP contribution is 2.34. The van der Waals surface area contributed by atoms with Crippen molar-refractivity contribution < 1.29 is 32.2 Å². The Hall–Kier alpha value is -4.02. The summed E-state index contributed by atoms with van der Waals surface area (Å²) < 4.78 is 48.7. The Labute approximate surface area is 271 Å². The summed E-state index contributed by atoms with van der Waals surface area (Å²) in [6.07, 6.45) is 3.50. The van der Waals surface area contributed by atoms with Gasteiger partial charge in [-0.3, -0.25) is 4.79 Å². The Kier molecular flexibility index (Phi) is 10.7. The van der Waals surface area contributed by atoms with Gasteiger partial charge < -0.3 is 15.2 Å². The zero-order valence-corrected chi connectivity index (χ0v) is 28.1. The highest BCUT2D eigenvalue weighted by Gasteiger charge is 2.33. The maximum absolute atomic E-state index is 14.0. The first kappa shape index (κ1) is 34.8. The molecule has 0 saturated heterocycles. The van der Waals surface area contributed by atoms with Crippen LogP contribution >= 0.6 is 0 Å². The minimum atomic E-state index is -3.85. The summed E-state index contributed by atoms with van der Waals surface area (Å²) in [7, 11) is -3.85. The van der Waals surface area contributed by atoms with Gasteiger partial charge in [-0.1, -0.05) is 55.5 Å². The Bertz CT molecular complexity index is 1750. The molecule has 0 bridgehead atoms. The van der Waals surface area contributed by atoms with Crippen molar-refractivity contribution in [3.05, 3.63) is 105 Å². The van der Waals surface area contributed by atoms with Gasteiger partial charge in [0, 0.05) is 25.6 Å². The lowest BCUT2D eigenvalue weighted by Crippen LogP contribution is -2.33. The fourth-order valence-electron chi connectivity index (χ4n) is 5.82. The number of carbonyl (C=O) groups excluding carboxylic acids is 1. The van der Waals surface area contributed by atoms with Crippen LogP contribution < -0.4 is 5.32 Å². The van der Waals surface area contributed by atoms with Crippen molar-refractivity contribution >= 4 is 28.2 Å². The fraction of sp³-hybridized carbons (Fsp3) is 0.389. The average Bonchev–Trinajstić information content (AvgIpc) is 3.02. The van der Waals surface area contributed by atoms with Crippen molar-refractivity contribution in [1.29, 1.82) is 0 Å². The lowest BCUT2D eigenvalue weighted by molar-refractivity contribution is -0.137. The maximum atomic E-state index is 14.0. The van der Waals surface area contributed by atoms with E-state index < -0.39 is 33.6 Å². The minimum absolute atomic E-state index is 0.0363. The predicted molar refractivity (Wildman–Crippen MR) is 177 cm³/mol. The van der Waals surface area contributed by atoms with Crippen LogP contribution in [-0.2, 0) is 32.5 Å². The zero-order valence-electron chi connectivity index (χ0n) is 27.3. The van der Waals surface area contributed by atoms with E-state index in [1.165, 1.54) is 16.4 Å². The van der Waals surface area contributed by atoms with Crippen LogP contribution in [0.2, 0.25) is 0 Å². The van der Waals surface area contributed by atoms with Crippen LogP contribution in [-0.4, -0.2) is 48.6 Å². The number of aliphatic carboxylic acids is 1. The van der Waals surface area contributed by atoms with Crippen LogP contribution in [0.1, 0.15) is 79.0 Å². The van der Waals surface area contributed by atoms with E-state index in [-0.39, 0.29) is 36.1 Å². The minimum Gasteiger partial charge on any atom is -0.481 e. The van der Waals surface area contributed by atoms with Crippen molar-refractivity contribution in [3.8, 4) is 0 Å². The molecule has 2 N–H and O–H groups in total. The SMILES string of the molecule is Cc1ccc(C(CC(=O)O)c2ccc(F)cc2C)cc1CN1CC(C)Cc2cc(C=CCNC(=O)OC(C)(C)C)ccc2S1(=O)=O. The molecule has 46 heavy (non-hydrogen) atoms. The monoisotopic (exact) mass is 650 g/mol. The number of alkyl carbamates (subject to hydrolysis) is 1. The van der Waals surface area contributed by atoms with Crippen LogP contribution in [0.3, 0.4) is 0 Å². The molecular formula is C36H43FN2O6S. The van der Waals surface area contributed by atoms with E-state index in [1.807, 2.05) is 44.2 Å². The average molecular weight is 651 g/mol. The van der Waals surface area contributed by atoms with E-state index in [0.717, 1.165) is 27.8 Å². The number of aryl methyl sites for hydroxylation is 2. The Morgan fingerprint density at radius 1 is 1.09 bits per heavy atom. The van der Waals surface area contributed by atoms with Crippen molar-refractivity contribution in [1.82, 2.24) is 9.62 Å². The number of ether oxygens (including phenoxy) is 1. The summed E-state index contributed by atoms with van der Waals surface area (Å²) in [5, 5.41) is 12.4. The molecule has 1 aliphatic rings. The number of sulfonamides is 1. The molecule has 0 radical (unpaired) electrons. The molecule has 1 aliphatic heterocycles. The molecule has 1 heterocycles. The number of nitrogens with one attached hydrogen (secondary N) is 1. The summed E-state index contributed by atoms with van der Waals surface area (Å²) in [6.45, 7) is 11.8. The molecule has 0 spiro atoms. The van der Waals surface area contributed by atoms with Gasteiger partial charge in [0.05, 0.1) is 11.3 Å². The summed E-state index contributed by atoms with van der Waals surface area (Å²) >= 11 is 0. The van der Waals surface area contributed by atoms with Crippen molar-refractivity contribution in [3.63, 3.8) is 0 Å². The van der Waals surface area contributed by atoms with E-state index in [4.69, 9.17) is 4.74 Å². The third-order valence-corrected chi connectivity index (χ3v) is 9.88. The molecule has 246 valence electrons. The third-order valence-electron chi connectivity index (χ3n) is 7.97. The van der Waals surface area contributed by atoms with E-state index in [2.05, 4.69) is 5.32 Å². The number of rotatable bonds is 9. The first-order valence-corrected chi connectivity index (χ1v) is 16.8. The number of benzene rings is 3. The maximum Gasteiger partial charge on any atom is 0.407 e. The van der Waals surface area contributed by atoms with Crippen LogP contribution in [0, 0.1) is 25.6 Å². The number of halogens is 1. The van der Waals surface area contributed by atoms with Crippen molar-refractivity contribution in [2.75, 3.05) is 13.1 Å². The Balaban J connectivity index is 1.59. The van der Waals surface area contributed by atoms with Gasteiger partial charge in [-0.05, 0) is 104 Å². The summed E-state index contributed by atoms with van der Waals surface area (Å²) in [5.41, 5.74) is 4.74. The quantitative estimate of drug-likeness (QED) is 0.259. The summed E-state index contributed by atoms with van der Waals surface area (Å²) in [4.78, 5) is 24.0. The molecular weight excluding hydrogens is 607 g/mol. The second-order valence-corrected chi connectivity index (χ2v) is 15.0. The van der Waals surface area contributed by atoms with Crippen LogP contribution in [0.25, 0.3) is 6.08 Å². The molecule has 10 heteroatoms. The first-order valence-electron chi connectivity index (χ1n) is 15.4. The number of hydrogen-bond donors (Lipinski definition) is 2. The molecule has 2 atom stereocenters. The van der Waals surface area contributed by atoms with Crippen LogP contribution in [0.4, 0.5) is 9.18 Å². The predicted octanol–water partition coefficient (Wildman–Crippen LogP) is 6.97. The number of nitrogens with zero attached hydrogens (tertiary/aromatic N) is 1. The molecule has 0 aliphatic carbocycles. The molecule has 0 saturated carbocycles. The standard InChI is InChI=1S/C36H43FN2O6S/c1-23-16-28-18-26(8-7-15-38-35(42)45-36(4,5)6)10-14-33(28)46(43,44)39(21-23)22-29-19-27(11-9-24(29)2)32(20-34(40)41)31-13-12-30(37)17-25(31)3/h7-14,17-19,23,32H,15-16,20-22H2,1-6H3,(H,38,42)(H,40,41). The van der Waals surface area contributed by atoms with Crippen LogP contribution in [0.15, 0.2) is 65.6 Å². The van der Waals surface area contributed by atoms with Gasteiger partial charge in [0.1, 0.15) is 11.4 Å². The van der Waals surface area contributed by atoms with E-state index in [9.17, 15) is 27.5 Å². The highest BCUT2D eigenvalue weighted by atomic mass is 32.2. The molecule has 4 rings (SSSR count). The topological polar surface area (TPSA) is 113 Å². The molecule has 3 aromatic carbocycles. The lowest BCUT2D eigenvalue weighted by atomic mass is 9.84. The number of hydrogen-bond acceptors (Lipinski definition) is 5. The van der Waals surface area contributed by atoms with E-state index >= 15 is 0 Å². The largest absolute Gasteiger partial charge is 0.481 e. The number of carboxylic acids is 1. The van der Waals surface area contributed by atoms with E-state index in [1.54, 1.807) is 52.0 Å². The number of carboxylic acid groups (broad SMARTS) is 1. The Morgan fingerprint density at radius 2 is 1.83 bits per heavy atom. The lowest BCUT2D eigenvalue weighted by Gasteiger charge is -2.25. The zero-order chi connectivity index (χ0) is 33.8. The summed E-state index contributed by atoms with van der Waals surface area (Å²) in [6, 6.07) is 15.2. The van der Waals surface area contributed by atoms with Crippen LogP contribution in [0.5, 0.6) is 0 Å². The molecule has 0 aromatic heterocycles. The fourth-order valence-corrected chi connectivity index (χ4v) is 7.57. The van der Waals surface area contributed by atoms with Gasteiger partial charge in [-0.2, -0.15) is 4.31 Å². The summed E-state index contributed by atoms with van der Waals surface area (Å²) in [5.74, 6) is -1.86. The smallest absolute Gasteiger partial charge is 0.407 e. The van der Waals surface area contributed by atoms with Crippen molar-refractivity contribution in [2.24, 2.45) is 5.92 Å². The van der Waals surface area contributed by atoms with Gasteiger partial charge in [0.15, 0.2) is 0 Å². The second kappa shape index (κ2) is 14.2. The molecule has 2 unspecified atom stereocenters. The van der Waals surface area contributed by atoms with Gasteiger partial charge >= 0.3 is 12.1 Å². The number of amides is 1. The number of carbonyl (C=O) groups is 2. The van der Waals surface area contributed by atoms with Gasteiger partial charge in [0.2, 0.25) is 10.0 Å².